The van der Waals surface area contributed by atoms with E-state index in [0.29, 0.717) is 43.2 Å². The zero-order chi connectivity index (χ0) is 21.0. The Bertz CT molecular complexity index is 1020. The number of rotatable bonds is 6. The molecule has 1 fully saturated rings. The van der Waals surface area contributed by atoms with E-state index in [2.05, 4.69) is 30.8 Å². The van der Waals surface area contributed by atoms with Crippen molar-refractivity contribution in [1.82, 2.24) is 14.9 Å². The van der Waals surface area contributed by atoms with Gasteiger partial charge in [0.15, 0.2) is 5.82 Å². The molecule has 0 aliphatic carbocycles. The number of nitrogens with one attached hydrogen (secondary N) is 1. The van der Waals surface area contributed by atoms with Crippen molar-refractivity contribution in [2.24, 2.45) is 0 Å². The lowest BCUT2D eigenvalue weighted by atomic mass is 10.0. The molecule has 1 aliphatic rings. The molecule has 8 nitrogen and oxygen atoms in total. The SMILES string of the molecule is CCc1nnc(N2CCN(c3ccccc3S(=O)(=O)NC)CC2)c(C#N)c1CC. The van der Waals surface area contributed by atoms with E-state index in [1.54, 1.807) is 12.1 Å². The molecule has 0 radical (unpaired) electrons. The van der Waals surface area contributed by atoms with Crippen molar-refractivity contribution < 1.29 is 8.42 Å². The molecule has 0 saturated carbocycles. The zero-order valence-electron chi connectivity index (χ0n) is 17.0. The second-order valence-corrected chi connectivity index (χ2v) is 8.65. The first-order valence-electron chi connectivity index (χ1n) is 9.77. The molecule has 1 aromatic heterocycles. The summed E-state index contributed by atoms with van der Waals surface area (Å²) in [6, 6.07) is 9.32. The van der Waals surface area contributed by atoms with Gasteiger partial charge in [0.1, 0.15) is 16.5 Å². The summed E-state index contributed by atoms with van der Waals surface area (Å²) in [5, 5.41) is 18.4. The maximum atomic E-state index is 12.4. The van der Waals surface area contributed by atoms with Gasteiger partial charge in [-0.15, -0.1) is 5.10 Å². The number of hydrogen-bond acceptors (Lipinski definition) is 7. The highest BCUT2D eigenvalue weighted by atomic mass is 32.2. The molecule has 1 saturated heterocycles. The van der Waals surface area contributed by atoms with Crippen LogP contribution in [0.4, 0.5) is 11.5 Å². The van der Waals surface area contributed by atoms with Crippen molar-refractivity contribution in [3.05, 3.63) is 41.1 Å². The van der Waals surface area contributed by atoms with E-state index in [-0.39, 0.29) is 4.90 Å². The molecule has 154 valence electrons. The first-order chi connectivity index (χ1) is 14.0. The Morgan fingerprint density at radius 2 is 1.72 bits per heavy atom. The fourth-order valence-corrected chi connectivity index (χ4v) is 4.67. The Kier molecular flexibility index (Phi) is 6.35. The van der Waals surface area contributed by atoms with E-state index in [1.807, 2.05) is 26.0 Å². The van der Waals surface area contributed by atoms with E-state index in [0.717, 1.165) is 24.1 Å². The topological polar surface area (TPSA) is 102 Å². The second kappa shape index (κ2) is 8.76. The number of nitrogens with zero attached hydrogens (tertiary/aromatic N) is 5. The van der Waals surface area contributed by atoms with Crippen LogP contribution in [-0.4, -0.2) is 51.8 Å². The van der Waals surface area contributed by atoms with Gasteiger partial charge in [0.2, 0.25) is 10.0 Å². The molecular formula is C20H26N6O2S. The maximum absolute atomic E-state index is 12.4. The Morgan fingerprint density at radius 1 is 1.07 bits per heavy atom. The zero-order valence-corrected chi connectivity index (χ0v) is 17.8. The molecule has 29 heavy (non-hydrogen) atoms. The minimum Gasteiger partial charge on any atom is -0.367 e. The van der Waals surface area contributed by atoms with Crippen LogP contribution in [0.5, 0.6) is 0 Å². The van der Waals surface area contributed by atoms with Crippen molar-refractivity contribution in [1.29, 1.82) is 5.26 Å². The Labute approximate surface area is 172 Å². The molecule has 0 amide bonds. The van der Waals surface area contributed by atoms with Gasteiger partial charge in [-0.3, -0.25) is 0 Å². The smallest absolute Gasteiger partial charge is 0.242 e. The largest absolute Gasteiger partial charge is 0.367 e. The average molecular weight is 415 g/mol. The minimum absolute atomic E-state index is 0.272. The predicted molar refractivity (Wildman–Crippen MR) is 113 cm³/mol. The first kappa shape index (κ1) is 21.0. The standard InChI is InChI=1S/C20H26N6O2S/c1-4-15-16(14-21)20(24-23-17(15)5-2)26-12-10-25(11-13-26)18-8-6-7-9-19(18)29(27,28)22-3/h6-9,22H,4-5,10-13H2,1-3H3. The molecule has 2 aromatic rings. The van der Waals surface area contributed by atoms with Crippen LogP contribution in [0.2, 0.25) is 0 Å². The number of hydrogen-bond donors (Lipinski definition) is 1. The highest BCUT2D eigenvalue weighted by Crippen LogP contribution is 2.28. The molecule has 9 heteroatoms. The van der Waals surface area contributed by atoms with E-state index in [9.17, 15) is 13.7 Å². The first-order valence-corrected chi connectivity index (χ1v) is 11.3. The van der Waals surface area contributed by atoms with Gasteiger partial charge >= 0.3 is 0 Å². The summed E-state index contributed by atoms with van der Waals surface area (Å²) < 4.78 is 27.1. The third-order valence-electron chi connectivity index (χ3n) is 5.28. The number of benzene rings is 1. The second-order valence-electron chi connectivity index (χ2n) is 6.79. The normalized spacial score (nSPS) is 14.7. The number of piperazine rings is 1. The fourth-order valence-electron chi connectivity index (χ4n) is 3.72. The van der Waals surface area contributed by atoms with Crippen LogP contribution in [0.3, 0.4) is 0 Å². The van der Waals surface area contributed by atoms with E-state index < -0.39 is 10.0 Å². The van der Waals surface area contributed by atoms with Gasteiger partial charge in [0.25, 0.3) is 0 Å². The van der Waals surface area contributed by atoms with E-state index in [4.69, 9.17) is 0 Å². The molecule has 3 rings (SSSR count). The van der Waals surface area contributed by atoms with Gasteiger partial charge in [0, 0.05) is 26.2 Å². The highest BCUT2D eigenvalue weighted by molar-refractivity contribution is 7.89. The van der Waals surface area contributed by atoms with Gasteiger partial charge in [-0.05, 0) is 37.6 Å². The molecule has 0 spiro atoms. The lowest BCUT2D eigenvalue weighted by Crippen LogP contribution is -2.47. The highest BCUT2D eigenvalue weighted by Gasteiger charge is 2.26. The summed E-state index contributed by atoms with van der Waals surface area (Å²) in [5.74, 6) is 0.623. The minimum atomic E-state index is -3.54. The number of aromatic nitrogens is 2. The van der Waals surface area contributed by atoms with Crippen molar-refractivity contribution in [3.8, 4) is 6.07 Å². The average Bonchev–Trinajstić information content (AvgIpc) is 2.78. The summed E-state index contributed by atoms with van der Waals surface area (Å²) in [6.07, 6.45) is 1.49. The number of nitriles is 1. The molecule has 1 N–H and O–H groups in total. The monoisotopic (exact) mass is 414 g/mol. The van der Waals surface area contributed by atoms with Crippen LogP contribution in [-0.2, 0) is 22.9 Å². The van der Waals surface area contributed by atoms with Crippen LogP contribution in [0.1, 0.15) is 30.7 Å². The fraction of sp³-hybridized carbons (Fsp3) is 0.450. The van der Waals surface area contributed by atoms with Crippen LogP contribution in [0.15, 0.2) is 29.2 Å². The third kappa shape index (κ3) is 4.04. The Balaban J connectivity index is 1.86. The Hall–Kier alpha value is -2.70. The lowest BCUT2D eigenvalue weighted by Gasteiger charge is -2.37. The molecule has 2 heterocycles. The van der Waals surface area contributed by atoms with Gasteiger partial charge in [-0.1, -0.05) is 26.0 Å². The van der Waals surface area contributed by atoms with Gasteiger partial charge in [-0.2, -0.15) is 10.4 Å². The predicted octanol–water partition coefficient (Wildman–Crippen LogP) is 1.71. The molecule has 0 unspecified atom stereocenters. The summed E-state index contributed by atoms with van der Waals surface area (Å²) in [6.45, 7) is 6.55. The summed E-state index contributed by atoms with van der Waals surface area (Å²) in [7, 11) is -2.13. The van der Waals surface area contributed by atoms with Gasteiger partial charge < -0.3 is 9.80 Å². The maximum Gasteiger partial charge on any atom is 0.242 e. The van der Waals surface area contributed by atoms with Crippen LogP contribution in [0, 0.1) is 11.3 Å². The summed E-state index contributed by atoms with van der Waals surface area (Å²) in [4.78, 5) is 4.39. The summed E-state index contributed by atoms with van der Waals surface area (Å²) in [5.41, 5.74) is 3.13. The number of aryl methyl sites for hydroxylation is 1. The molecule has 1 aromatic carbocycles. The quantitative estimate of drug-likeness (QED) is 0.767. The lowest BCUT2D eigenvalue weighted by molar-refractivity contribution is 0.586. The molecule has 0 atom stereocenters. The number of anilines is 2. The van der Waals surface area contributed by atoms with E-state index in [1.165, 1.54) is 7.05 Å². The van der Waals surface area contributed by atoms with E-state index >= 15 is 0 Å². The van der Waals surface area contributed by atoms with Gasteiger partial charge in [0.05, 0.1) is 11.4 Å². The van der Waals surface area contributed by atoms with Crippen LogP contribution >= 0.6 is 0 Å². The van der Waals surface area contributed by atoms with Gasteiger partial charge in [-0.25, -0.2) is 13.1 Å². The van der Waals surface area contributed by atoms with Crippen LogP contribution in [0.25, 0.3) is 0 Å². The Morgan fingerprint density at radius 3 is 2.31 bits per heavy atom. The molecular weight excluding hydrogens is 388 g/mol. The summed E-state index contributed by atoms with van der Waals surface area (Å²) >= 11 is 0. The third-order valence-corrected chi connectivity index (χ3v) is 6.74. The van der Waals surface area contributed by atoms with Crippen molar-refractivity contribution in [2.75, 3.05) is 43.0 Å². The molecule has 1 aliphatic heterocycles. The van der Waals surface area contributed by atoms with Crippen LogP contribution < -0.4 is 14.5 Å². The van der Waals surface area contributed by atoms with Crippen molar-refractivity contribution in [2.45, 2.75) is 31.6 Å². The van der Waals surface area contributed by atoms with Crippen molar-refractivity contribution in [3.63, 3.8) is 0 Å². The van der Waals surface area contributed by atoms with Crippen molar-refractivity contribution >= 4 is 21.5 Å². The number of sulfonamides is 1. The molecule has 0 bridgehead atoms. The number of para-hydroxylation sites is 1.